The molecular weight excluding hydrogens is 270 g/mol. The molecule has 0 bridgehead atoms. The molecule has 1 unspecified atom stereocenters. The third-order valence-electron chi connectivity index (χ3n) is 2.23. The summed E-state index contributed by atoms with van der Waals surface area (Å²) >= 11 is 3.22. The van der Waals surface area contributed by atoms with E-state index in [9.17, 15) is 4.79 Å². The van der Waals surface area contributed by atoms with Crippen LogP contribution in [0.15, 0.2) is 18.2 Å². The lowest BCUT2D eigenvalue weighted by atomic mass is 10.2. The number of imidazole rings is 1. The second kappa shape index (κ2) is 4.25. The number of aryl methyl sites for hydroxylation is 1. The molecule has 0 aliphatic carbocycles. The van der Waals surface area contributed by atoms with Crippen molar-refractivity contribution in [3.8, 4) is 0 Å². The highest BCUT2D eigenvalue weighted by Crippen LogP contribution is 2.17. The molecule has 1 atom stereocenters. The minimum Gasteiger partial charge on any atom is -0.342 e. The van der Waals surface area contributed by atoms with E-state index in [1.165, 1.54) is 0 Å². The van der Waals surface area contributed by atoms with Crippen LogP contribution >= 0.6 is 15.9 Å². The number of aromatic amines is 1. The molecule has 0 saturated heterocycles. The second-order valence-corrected chi connectivity index (χ2v) is 5.03. The minimum atomic E-state index is -0.202. The molecule has 16 heavy (non-hydrogen) atoms. The number of amides is 1. The van der Waals surface area contributed by atoms with Crippen LogP contribution in [0.5, 0.6) is 0 Å². The fraction of sp³-hybridized carbons (Fsp3) is 0.273. The van der Waals surface area contributed by atoms with Crippen LogP contribution in [-0.2, 0) is 4.79 Å². The van der Waals surface area contributed by atoms with Crippen LogP contribution in [0.2, 0.25) is 0 Å². The number of hydrogen-bond acceptors (Lipinski definition) is 2. The molecule has 0 fully saturated rings. The number of aromatic nitrogens is 2. The lowest BCUT2D eigenvalue weighted by Crippen LogP contribution is -2.19. The molecule has 0 aliphatic rings. The van der Waals surface area contributed by atoms with Crippen LogP contribution in [0.25, 0.3) is 11.0 Å². The van der Waals surface area contributed by atoms with E-state index < -0.39 is 0 Å². The average molecular weight is 282 g/mol. The quantitative estimate of drug-likeness (QED) is 0.832. The van der Waals surface area contributed by atoms with Gasteiger partial charge in [-0.2, -0.15) is 0 Å². The first-order chi connectivity index (χ1) is 7.56. The Labute approximate surface area is 102 Å². The van der Waals surface area contributed by atoms with Crippen molar-refractivity contribution in [2.75, 3.05) is 5.32 Å². The number of H-pyrrole nitrogens is 1. The smallest absolute Gasteiger partial charge is 0.237 e. The molecule has 1 amide bonds. The highest BCUT2D eigenvalue weighted by Gasteiger charge is 2.09. The number of hydrogen-bond donors (Lipinski definition) is 2. The average Bonchev–Trinajstić information content (AvgIpc) is 2.57. The number of anilines is 1. The minimum absolute atomic E-state index is 0.0596. The summed E-state index contributed by atoms with van der Waals surface area (Å²) in [6, 6.07) is 5.60. The Balaban J connectivity index is 2.29. The van der Waals surface area contributed by atoms with E-state index in [-0.39, 0.29) is 10.7 Å². The summed E-state index contributed by atoms with van der Waals surface area (Å²) in [5.41, 5.74) is 2.60. The Hall–Kier alpha value is -1.36. The highest BCUT2D eigenvalue weighted by molar-refractivity contribution is 9.10. The van der Waals surface area contributed by atoms with Gasteiger partial charge in [-0.15, -0.1) is 0 Å². The van der Waals surface area contributed by atoms with E-state index >= 15 is 0 Å². The molecule has 5 heteroatoms. The lowest BCUT2D eigenvalue weighted by Gasteiger charge is -2.06. The van der Waals surface area contributed by atoms with Crippen LogP contribution in [-0.4, -0.2) is 20.7 Å². The fourth-order valence-electron chi connectivity index (χ4n) is 1.46. The summed E-state index contributed by atoms with van der Waals surface area (Å²) in [5.74, 6) is 0.808. The molecule has 2 N–H and O–H groups in total. The number of rotatable bonds is 2. The van der Waals surface area contributed by atoms with Gasteiger partial charge in [-0.3, -0.25) is 4.79 Å². The molecule has 0 radical (unpaired) electrons. The highest BCUT2D eigenvalue weighted by atomic mass is 79.9. The third-order valence-corrected chi connectivity index (χ3v) is 2.64. The Morgan fingerprint density at radius 2 is 2.31 bits per heavy atom. The molecule has 2 aromatic rings. The van der Waals surface area contributed by atoms with Gasteiger partial charge in [0.1, 0.15) is 5.82 Å². The fourth-order valence-corrected chi connectivity index (χ4v) is 1.57. The molecule has 2 rings (SSSR count). The zero-order chi connectivity index (χ0) is 11.7. The molecular formula is C11H12BrN3O. The zero-order valence-corrected chi connectivity index (χ0v) is 10.6. The molecule has 0 saturated carbocycles. The topological polar surface area (TPSA) is 57.8 Å². The van der Waals surface area contributed by atoms with Gasteiger partial charge in [0.05, 0.1) is 15.9 Å². The van der Waals surface area contributed by atoms with Gasteiger partial charge >= 0.3 is 0 Å². The van der Waals surface area contributed by atoms with Gasteiger partial charge < -0.3 is 10.3 Å². The van der Waals surface area contributed by atoms with Crippen LogP contribution in [0.3, 0.4) is 0 Å². The summed E-state index contributed by atoms with van der Waals surface area (Å²) in [7, 11) is 0. The molecule has 0 spiro atoms. The summed E-state index contributed by atoms with van der Waals surface area (Å²) in [6.45, 7) is 3.69. The summed E-state index contributed by atoms with van der Waals surface area (Å²) in [5, 5.41) is 2.81. The van der Waals surface area contributed by atoms with Crippen molar-refractivity contribution >= 4 is 38.6 Å². The first-order valence-electron chi connectivity index (χ1n) is 4.97. The Kier molecular flexibility index (Phi) is 2.96. The van der Waals surface area contributed by atoms with Gasteiger partial charge in [0.15, 0.2) is 0 Å². The van der Waals surface area contributed by atoms with Gasteiger partial charge in [0, 0.05) is 5.69 Å². The standard InChI is InChI=1S/C11H12BrN3O/c1-6(12)11(16)15-8-3-4-9-10(5-8)14-7(2)13-9/h3-6H,1-2H3,(H,13,14)(H,15,16). The maximum atomic E-state index is 11.5. The number of carbonyl (C=O) groups is 1. The summed E-state index contributed by atoms with van der Waals surface area (Å²) in [4.78, 5) is 18.7. The van der Waals surface area contributed by atoms with Crippen molar-refractivity contribution in [2.24, 2.45) is 0 Å². The van der Waals surface area contributed by atoms with Crippen molar-refractivity contribution in [1.29, 1.82) is 0 Å². The van der Waals surface area contributed by atoms with Gasteiger partial charge in [-0.1, -0.05) is 15.9 Å². The van der Waals surface area contributed by atoms with Crippen LogP contribution < -0.4 is 5.32 Å². The van der Waals surface area contributed by atoms with E-state index in [2.05, 4.69) is 31.2 Å². The van der Waals surface area contributed by atoms with Gasteiger partial charge in [0.2, 0.25) is 5.91 Å². The number of alkyl halides is 1. The normalized spacial score (nSPS) is 12.7. The van der Waals surface area contributed by atoms with E-state index in [1.807, 2.05) is 25.1 Å². The maximum Gasteiger partial charge on any atom is 0.237 e. The van der Waals surface area contributed by atoms with Crippen molar-refractivity contribution < 1.29 is 4.79 Å². The Morgan fingerprint density at radius 1 is 1.56 bits per heavy atom. The van der Waals surface area contributed by atoms with Crippen molar-refractivity contribution in [3.63, 3.8) is 0 Å². The largest absolute Gasteiger partial charge is 0.342 e. The summed E-state index contributed by atoms with van der Waals surface area (Å²) < 4.78 is 0. The number of nitrogens with zero attached hydrogens (tertiary/aromatic N) is 1. The zero-order valence-electron chi connectivity index (χ0n) is 9.04. The third kappa shape index (κ3) is 2.24. The molecule has 0 aliphatic heterocycles. The predicted molar refractivity (Wildman–Crippen MR) is 67.8 cm³/mol. The van der Waals surface area contributed by atoms with Crippen LogP contribution in [0, 0.1) is 6.92 Å². The van der Waals surface area contributed by atoms with E-state index in [1.54, 1.807) is 6.92 Å². The van der Waals surface area contributed by atoms with Crippen molar-refractivity contribution in [1.82, 2.24) is 9.97 Å². The number of halogens is 1. The first-order valence-corrected chi connectivity index (χ1v) is 5.89. The van der Waals surface area contributed by atoms with Crippen molar-refractivity contribution in [2.45, 2.75) is 18.7 Å². The van der Waals surface area contributed by atoms with Crippen molar-refractivity contribution in [3.05, 3.63) is 24.0 Å². The predicted octanol–water partition coefficient (Wildman–Crippen LogP) is 2.59. The van der Waals surface area contributed by atoms with Gasteiger partial charge in [-0.25, -0.2) is 4.98 Å². The molecule has 84 valence electrons. The van der Waals surface area contributed by atoms with Gasteiger partial charge in [-0.05, 0) is 32.0 Å². The number of nitrogens with one attached hydrogen (secondary N) is 2. The SMILES string of the molecule is Cc1nc2ccc(NC(=O)C(C)Br)cc2[nH]1. The van der Waals surface area contributed by atoms with E-state index in [0.717, 1.165) is 22.5 Å². The maximum absolute atomic E-state index is 11.5. The Bertz CT molecular complexity index is 533. The summed E-state index contributed by atoms with van der Waals surface area (Å²) in [6.07, 6.45) is 0. The second-order valence-electron chi connectivity index (χ2n) is 3.66. The molecule has 4 nitrogen and oxygen atoms in total. The van der Waals surface area contributed by atoms with E-state index in [4.69, 9.17) is 0 Å². The molecule has 1 aromatic heterocycles. The van der Waals surface area contributed by atoms with Crippen LogP contribution in [0.1, 0.15) is 12.7 Å². The number of benzene rings is 1. The number of carbonyl (C=O) groups excluding carboxylic acids is 1. The number of fused-ring (bicyclic) bond motifs is 1. The van der Waals surface area contributed by atoms with Gasteiger partial charge in [0.25, 0.3) is 0 Å². The Morgan fingerprint density at radius 3 is 3.00 bits per heavy atom. The van der Waals surface area contributed by atoms with E-state index in [0.29, 0.717) is 0 Å². The molecule has 1 heterocycles. The monoisotopic (exact) mass is 281 g/mol. The van der Waals surface area contributed by atoms with Crippen LogP contribution in [0.4, 0.5) is 5.69 Å². The first kappa shape index (κ1) is 11.1. The molecule has 1 aromatic carbocycles. The lowest BCUT2D eigenvalue weighted by molar-refractivity contribution is -0.115.